The van der Waals surface area contributed by atoms with Gasteiger partial charge in [-0.25, -0.2) is 5.43 Å². The molecule has 0 saturated carbocycles. The van der Waals surface area contributed by atoms with E-state index < -0.39 is 0 Å². The van der Waals surface area contributed by atoms with Gasteiger partial charge in [-0.15, -0.1) is 0 Å². The van der Waals surface area contributed by atoms with Crippen molar-refractivity contribution in [1.29, 1.82) is 0 Å². The second kappa shape index (κ2) is 6.81. The minimum atomic E-state index is -0.237. The fourth-order valence-corrected chi connectivity index (χ4v) is 3.16. The molecule has 2 aromatic carbocycles. The average molecular weight is 333 g/mol. The Morgan fingerprint density at radius 1 is 1.04 bits per heavy atom. The molecule has 126 valence electrons. The second-order valence-corrected chi connectivity index (χ2v) is 6.10. The molecular weight excluding hydrogens is 314 g/mol. The zero-order chi connectivity index (χ0) is 17.1. The summed E-state index contributed by atoms with van der Waals surface area (Å²) >= 11 is 0. The van der Waals surface area contributed by atoms with E-state index in [-0.39, 0.29) is 5.91 Å². The number of hydrazone groups is 1. The molecule has 0 spiro atoms. The Morgan fingerprint density at radius 3 is 2.72 bits per heavy atom. The van der Waals surface area contributed by atoms with E-state index in [1.807, 2.05) is 48.5 Å². The van der Waals surface area contributed by atoms with Crippen molar-refractivity contribution in [2.75, 3.05) is 18.0 Å². The monoisotopic (exact) mass is 333 g/mol. The fourth-order valence-electron chi connectivity index (χ4n) is 3.16. The van der Waals surface area contributed by atoms with Gasteiger partial charge in [0.05, 0.1) is 6.21 Å². The molecule has 1 saturated heterocycles. The molecule has 3 aromatic rings. The van der Waals surface area contributed by atoms with E-state index in [2.05, 4.69) is 15.4 Å². The number of furan rings is 1. The number of hydrogen-bond donors (Lipinski definition) is 1. The highest BCUT2D eigenvalue weighted by molar-refractivity contribution is 6.07. The van der Waals surface area contributed by atoms with Crippen molar-refractivity contribution in [2.45, 2.75) is 12.8 Å². The van der Waals surface area contributed by atoms with Gasteiger partial charge in [-0.3, -0.25) is 4.79 Å². The third kappa shape index (κ3) is 3.26. The van der Waals surface area contributed by atoms with Crippen LogP contribution in [0.4, 0.5) is 5.88 Å². The van der Waals surface area contributed by atoms with Crippen molar-refractivity contribution < 1.29 is 9.21 Å². The quantitative estimate of drug-likeness (QED) is 0.584. The predicted octanol–water partition coefficient (Wildman–Crippen LogP) is 3.80. The Bertz CT molecular complexity index is 918. The highest BCUT2D eigenvalue weighted by Gasteiger charge is 2.15. The predicted molar refractivity (Wildman–Crippen MR) is 99.2 cm³/mol. The first-order valence-corrected chi connectivity index (χ1v) is 8.47. The van der Waals surface area contributed by atoms with Crippen LogP contribution in [0, 0.1) is 0 Å². The van der Waals surface area contributed by atoms with Gasteiger partial charge in [0.2, 0.25) is 0 Å². The number of nitrogens with zero attached hydrogens (tertiary/aromatic N) is 2. The third-order valence-electron chi connectivity index (χ3n) is 4.42. The Labute approximate surface area is 145 Å². The molecule has 1 amide bonds. The average Bonchev–Trinajstić information content (AvgIpc) is 3.32. The van der Waals surface area contributed by atoms with Crippen LogP contribution >= 0.6 is 0 Å². The van der Waals surface area contributed by atoms with E-state index in [9.17, 15) is 4.79 Å². The van der Waals surface area contributed by atoms with E-state index >= 15 is 0 Å². The normalized spacial score (nSPS) is 14.5. The van der Waals surface area contributed by atoms with Gasteiger partial charge < -0.3 is 9.32 Å². The molecule has 0 radical (unpaired) electrons. The summed E-state index contributed by atoms with van der Waals surface area (Å²) in [6, 6.07) is 17.3. The van der Waals surface area contributed by atoms with Crippen LogP contribution in [0.3, 0.4) is 0 Å². The van der Waals surface area contributed by atoms with Gasteiger partial charge in [0, 0.05) is 24.7 Å². The van der Waals surface area contributed by atoms with E-state index in [0.29, 0.717) is 11.3 Å². The Hall–Kier alpha value is -3.08. The lowest BCUT2D eigenvalue weighted by atomic mass is 10.0. The van der Waals surface area contributed by atoms with Crippen LogP contribution in [0.25, 0.3) is 10.8 Å². The maximum atomic E-state index is 12.4. The van der Waals surface area contributed by atoms with E-state index in [4.69, 9.17) is 4.42 Å². The number of anilines is 1. The van der Waals surface area contributed by atoms with Gasteiger partial charge in [-0.05, 0) is 35.7 Å². The van der Waals surface area contributed by atoms with Crippen LogP contribution in [0.15, 0.2) is 64.1 Å². The van der Waals surface area contributed by atoms with E-state index in [1.165, 1.54) is 19.1 Å². The number of benzene rings is 2. The Morgan fingerprint density at radius 2 is 1.84 bits per heavy atom. The lowest BCUT2D eigenvalue weighted by Crippen LogP contribution is -2.18. The number of fused-ring (bicyclic) bond motifs is 1. The number of carbonyl (C=O) groups excluding carboxylic acids is 1. The standard InChI is InChI=1S/C20H19N3O2/c24-20(18-9-5-7-15-6-1-2-8-17(15)18)22-21-14-16-10-11-19(25-16)23-12-3-4-13-23/h1-2,5-11,14H,3-4,12-13H2,(H,22,24)/b21-14-. The first-order chi connectivity index (χ1) is 12.3. The molecule has 0 unspecified atom stereocenters. The fraction of sp³-hybridized carbons (Fsp3) is 0.200. The van der Waals surface area contributed by atoms with Crippen LogP contribution in [-0.2, 0) is 0 Å². The summed E-state index contributed by atoms with van der Waals surface area (Å²) in [5.41, 5.74) is 3.18. The smallest absolute Gasteiger partial charge is 0.271 e. The molecule has 1 fully saturated rings. The van der Waals surface area contributed by atoms with Crippen molar-refractivity contribution in [3.63, 3.8) is 0 Å². The van der Waals surface area contributed by atoms with Gasteiger partial charge in [0.1, 0.15) is 5.76 Å². The highest BCUT2D eigenvalue weighted by Crippen LogP contribution is 2.22. The van der Waals surface area contributed by atoms with Crippen LogP contribution in [0.5, 0.6) is 0 Å². The summed E-state index contributed by atoms with van der Waals surface area (Å²) in [4.78, 5) is 14.6. The summed E-state index contributed by atoms with van der Waals surface area (Å²) < 4.78 is 5.75. The highest BCUT2D eigenvalue weighted by atomic mass is 16.4. The van der Waals surface area contributed by atoms with Crippen LogP contribution in [0.2, 0.25) is 0 Å². The van der Waals surface area contributed by atoms with Gasteiger partial charge in [0.15, 0.2) is 5.88 Å². The molecule has 2 heterocycles. The largest absolute Gasteiger partial charge is 0.440 e. The maximum Gasteiger partial charge on any atom is 0.271 e. The molecular formula is C20H19N3O2. The van der Waals surface area contributed by atoms with Crippen LogP contribution in [0.1, 0.15) is 29.0 Å². The number of hydrogen-bond acceptors (Lipinski definition) is 4. The summed E-state index contributed by atoms with van der Waals surface area (Å²) in [7, 11) is 0. The maximum absolute atomic E-state index is 12.4. The minimum absolute atomic E-state index is 0.237. The van der Waals surface area contributed by atoms with Crippen LogP contribution < -0.4 is 10.3 Å². The SMILES string of the molecule is O=C(N/N=C\c1ccc(N2CCCC2)o1)c1cccc2ccccc12. The third-order valence-corrected chi connectivity index (χ3v) is 4.42. The first kappa shape index (κ1) is 15.4. The Balaban J connectivity index is 1.45. The molecule has 5 heteroatoms. The van der Waals surface area contributed by atoms with Gasteiger partial charge in [0.25, 0.3) is 5.91 Å². The Kier molecular flexibility index (Phi) is 4.21. The molecule has 25 heavy (non-hydrogen) atoms. The molecule has 4 rings (SSSR count). The summed E-state index contributed by atoms with van der Waals surface area (Å²) in [6.45, 7) is 2.06. The number of amides is 1. The summed E-state index contributed by atoms with van der Waals surface area (Å²) in [5, 5.41) is 5.97. The zero-order valence-electron chi connectivity index (χ0n) is 13.8. The van der Waals surface area contributed by atoms with Crippen molar-refractivity contribution in [2.24, 2.45) is 5.10 Å². The van der Waals surface area contributed by atoms with Gasteiger partial charge >= 0.3 is 0 Å². The number of rotatable bonds is 4. The molecule has 0 bridgehead atoms. The van der Waals surface area contributed by atoms with Crippen molar-refractivity contribution in [1.82, 2.24) is 5.43 Å². The zero-order valence-corrected chi connectivity index (χ0v) is 13.8. The summed E-state index contributed by atoms with van der Waals surface area (Å²) in [6.07, 6.45) is 3.93. The van der Waals surface area contributed by atoms with Gasteiger partial charge in [-0.1, -0.05) is 36.4 Å². The topological polar surface area (TPSA) is 57.8 Å². The lowest BCUT2D eigenvalue weighted by molar-refractivity contribution is 0.0957. The van der Waals surface area contributed by atoms with Crippen LogP contribution in [-0.4, -0.2) is 25.2 Å². The molecule has 0 aliphatic carbocycles. The van der Waals surface area contributed by atoms with Crippen molar-refractivity contribution in [3.8, 4) is 0 Å². The number of carbonyl (C=O) groups is 1. The first-order valence-electron chi connectivity index (χ1n) is 8.47. The van der Waals surface area contributed by atoms with E-state index in [1.54, 1.807) is 6.07 Å². The molecule has 1 aliphatic heterocycles. The molecule has 1 N–H and O–H groups in total. The molecule has 1 aromatic heterocycles. The van der Waals surface area contributed by atoms with Gasteiger partial charge in [-0.2, -0.15) is 5.10 Å². The summed E-state index contributed by atoms with van der Waals surface area (Å²) in [5.74, 6) is 1.25. The van der Waals surface area contributed by atoms with Crippen molar-refractivity contribution >= 4 is 28.8 Å². The minimum Gasteiger partial charge on any atom is -0.440 e. The second-order valence-electron chi connectivity index (χ2n) is 6.10. The number of nitrogens with one attached hydrogen (secondary N) is 1. The molecule has 1 aliphatic rings. The van der Waals surface area contributed by atoms with Crippen molar-refractivity contribution in [3.05, 3.63) is 65.9 Å². The van der Waals surface area contributed by atoms with E-state index in [0.717, 1.165) is 29.7 Å². The molecule has 0 atom stereocenters. The molecule has 5 nitrogen and oxygen atoms in total. The lowest BCUT2D eigenvalue weighted by Gasteiger charge is -2.12.